The Hall–Kier alpha value is -1.19. The van der Waals surface area contributed by atoms with Crippen molar-refractivity contribution in [3.63, 3.8) is 0 Å². The van der Waals surface area contributed by atoms with Crippen molar-refractivity contribution in [2.45, 2.75) is 5.92 Å². The third-order valence-electron chi connectivity index (χ3n) is 2.00. The molecule has 0 saturated carbocycles. The van der Waals surface area contributed by atoms with Crippen molar-refractivity contribution in [3.05, 3.63) is 40.4 Å². The molecule has 86 valence electrons. The fraction of sp³-hybridized carbons (Fsp3) is 0.182. The molecule has 1 N–H and O–H groups in total. The monoisotopic (exact) mass is 260 g/mol. The van der Waals surface area contributed by atoms with E-state index in [0.29, 0.717) is 5.56 Å². The molecule has 1 unspecified atom stereocenters. The summed E-state index contributed by atoms with van der Waals surface area (Å²) in [6, 6.07) is 6.15. The molecule has 1 atom stereocenters. The van der Waals surface area contributed by atoms with Gasteiger partial charge in [0.15, 0.2) is 0 Å². The zero-order chi connectivity index (χ0) is 12.1. The number of carbonyl (C=O) groups excluding carboxylic acids is 1. The Morgan fingerprint density at radius 3 is 2.38 bits per heavy atom. The summed E-state index contributed by atoms with van der Waals surface area (Å²) in [7, 11) is 1.28. The first-order valence-electron chi connectivity index (χ1n) is 4.44. The van der Waals surface area contributed by atoms with E-state index in [4.69, 9.17) is 28.3 Å². The van der Waals surface area contributed by atoms with Crippen LogP contribution in [0.2, 0.25) is 0 Å². The summed E-state index contributed by atoms with van der Waals surface area (Å²) in [6.45, 7) is 0. The molecule has 3 nitrogen and oxygen atoms in total. The van der Waals surface area contributed by atoms with Gasteiger partial charge < -0.3 is 9.84 Å². The van der Waals surface area contributed by atoms with E-state index in [2.05, 4.69) is 4.74 Å². The average Bonchev–Trinajstić information content (AvgIpc) is 2.26. The molecule has 0 heterocycles. The lowest BCUT2D eigenvalue weighted by Gasteiger charge is -2.10. The molecule has 0 aliphatic rings. The summed E-state index contributed by atoms with van der Waals surface area (Å²) in [5.41, 5.74) is 0.642. The minimum absolute atomic E-state index is 0.0107. The predicted octanol–water partition coefficient (Wildman–Crippen LogP) is 2.97. The summed E-state index contributed by atoms with van der Waals surface area (Å²) in [5.74, 6) is -1.02. The zero-order valence-electron chi connectivity index (χ0n) is 8.48. The number of hydrogen-bond acceptors (Lipinski definition) is 3. The largest absolute Gasteiger partial charge is 0.508 e. The van der Waals surface area contributed by atoms with Crippen molar-refractivity contribution >= 4 is 29.2 Å². The highest BCUT2D eigenvalue weighted by molar-refractivity contribution is 6.56. The molecule has 0 amide bonds. The Labute approximate surface area is 103 Å². The van der Waals surface area contributed by atoms with E-state index in [1.54, 1.807) is 12.1 Å². The lowest BCUT2D eigenvalue weighted by Crippen LogP contribution is -2.12. The lowest BCUT2D eigenvalue weighted by atomic mass is 9.99. The smallest absolute Gasteiger partial charge is 0.317 e. The molecule has 0 saturated heterocycles. The molecular formula is C11H10Cl2O3. The van der Waals surface area contributed by atoms with Crippen molar-refractivity contribution in [2.75, 3.05) is 7.11 Å². The molecule has 5 heteroatoms. The molecule has 0 bridgehead atoms. The molecule has 0 spiro atoms. The van der Waals surface area contributed by atoms with E-state index in [0.717, 1.165) is 0 Å². The molecule has 0 aliphatic heterocycles. The van der Waals surface area contributed by atoms with Gasteiger partial charge in [0, 0.05) is 0 Å². The van der Waals surface area contributed by atoms with Gasteiger partial charge >= 0.3 is 5.97 Å². The quantitative estimate of drug-likeness (QED) is 0.851. The Morgan fingerprint density at radius 2 is 1.94 bits per heavy atom. The van der Waals surface area contributed by atoms with E-state index in [-0.39, 0.29) is 10.2 Å². The second-order valence-electron chi connectivity index (χ2n) is 3.05. The minimum atomic E-state index is -0.671. The van der Waals surface area contributed by atoms with Gasteiger partial charge in [-0.05, 0) is 23.8 Å². The van der Waals surface area contributed by atoms with Gasteiger partial charge in [0.2, 0.25) is 0 Å². The Morgan fingerprint density at radius 1 is 1.38 bits per heavy atom. The molecular weight excluding hydrogens is 251 g/mol. The van der Waals surface area contributed by atoms with Crippen LogP contribution < -0.4 is 0 Å². The maximum absolute atomic E-state index is 11.5. The van der Waals surface area contributed by atoms with Crippen LogP contribution in [0.4, 0.5) is 0 Å². The molecule has 0 fully saturated rings. The topological polar surface area (TPSA) is 46.5 Å². The summed E-state index contributed by atoms with van der Waals surface area (Å²) >= 11 is 11.0. The van der Waals surface area contributed by atoms with Gasteiger partial charge in [-0.3, -0.25) is 4.79 Å². The standard InChI is InChI=1S/C11H10Cl2O3/c1-16-11(15)9(6-10(12)13)7-2-4-8(14)5-3-7/h2-6,9,14H,1H3. The van der Waals surface area contributed by atoms with Gasteiger partial charge in [0.05, 0.1) is 7.11 Å². The van der Waals surface area contributed by atoms with Gasteiger partial charge in [0.1, 0.15) is 16.2 Å². The lowest BCUT2D eigenvalue weighted by molar-refractivity contribution is -0.141. The predicted molar refractivity (Wildman–Crippen MR) is 62.7 cm³/mol. The highest BCUT2D eigenvalue weighted by Crippen LogP contribution is 2.24. The highest BCUT2D eigenvalue weighted by Gasteiger charge is 2.19. The molecule has 0 aliphatic carbocycles. The molecule has 16 heavy (non-hydrogen) atoms. The highest BCUT2D eigenvalue weighted by atomic mass is 35.5. The van der Waals surface area contributed by atoms with E-state index >= 15 is 0 Å². The minimum Gasteiger partial charge on any atom is -0.508 e. The first-order valence-corrected chi connectivity index (χ1v) is 5.19. The molecule has 0 aromatic heterocycles. The first kappa shape index (κ1) is 12.9. The van der Waals surface area contributed by atoms with Crippen LogP contribution in [0.25, 0.3) is 0 Å². The number of aromatic hydroxyl groups is 1. The summed E-state index contributed by atoms with van der Waals surface area (Å²) < 4.78 is 4.62. The van der Waals surface area contributed by atoms with Crippen molar-refractivity contribution in [3.8, 4) is 5.75 Å². The van der Waals surface area contributed by atoms with Gasteiger partial charge in [-0.15, -0.1) is 0 Å². The number of phenolic OH excluding ortho intramolecular Hbond substituents is 1. The fourth-order valence-corrected chi connectivity index (χ4v) is 1.49. The Balaban J connectivity index is 3.06. The molecule has 1 aromatic carbocycles. The maximum atomic E-state index is 11.5. The summed E-state index contributed by atoms with van der Waals surface area (Å²) in [4.78, 5) is 11.5. The van der Waals surface area contributed by atoms with E-state index in [1.807, 2.05) is 0 Å². The van der Waals surface area contributed by atoms with Crippen LogP contribution in [0.5, 0.6) is 5.75 Å². The van der Waals surface area contributed by atoms with Crippen LogP contribution in [0.15, 0.2) is 34.8 Å². The number of rotatable bonds is 3. The van der Waals surface area contributed by atoms with Crippen LogP contribution in [0.1, 0.15) is 11.5 Å². The van der Waals surface area contributed by atoms with Crippen LogP contribution >= 0.6 is 23.2 Å². The first-order chi connectivity index (χ1) is 7.54. The van der Waals surface area contributed by atoms with Crippen LogP contribution in [-0.4, -0.2) is 18.2 Å². The zero-order valence-corrected chi connectivity index (χ0v) is 10.00. The van der Waals surface area contributed by atoms with Gasteiger partial charge in [-0.1, -0.05) is 35.3 Å². The average molecular weight is 261 g/mol. The second-order valence-corrected chi connectivity index (χ2v) is 4.06. The Bertz CT molecular complexity index is 394. The molecule has 1 rings (SSSR count). The summed E-state index contributed by atoms with van der Waals surface area (Å²) in [5, 5.41) is 9.13. The number of carbonyl (C=O) groups is 1. The number of halogens is 2. The fourth-order valence-electron chi connectivity index (χ4n) is 1.23. The normalized spacial score (nSPS) is 11.7. The Kier molecular flexibility index (Phi) is 4.65. The summed E-state index contributed by atoms with van der Waals surface area (Å²) in [6.07, 6.45) is 1.38. The third-order valence-corrected chi connectivity index (χ3v) is 2.25. The van der Waals surface area contributed by atoms with E-state index in [9.17, 15) is 4.79 Å². The maximum Gasteiger partial charge on any atom is 0.317 e. The van der Waals surface area contributed by atoms with Crippen LogP contribution in [0, 0.1) is 0 Å². The van der Waals surface area contributed by atoms with Crippen LogP contribution in [-0.2, 0) is 9.53 Å². The number of benzene rings is 1. The molecule has 0 radical (unpaired) electrons. The number of hydrogen-bond donors (Lipinski definition) is 1. The van der Waals surface area contributed by atoms with E-state index in [1.165, 1.54) is 25.3 Å². The van der Waals surface area contributed by atoms with Gasteiger partial charge in [-0.25, -0.2) is 0 Å². The van der Waals surface area contributed by atoms with Gasteiger partial charge in [-0.2, -0.15) is 0 Å². The third kappa shape index (κ3) is 3.43. The SMILES string of the molecule is COC(=O)C(C=C(Cl)Cl)c1ccc(O)cc1. The number of phenols is 1. The van der Waals surface area contributed by atoms with Crippen molar-refractivity contribution in [2.24, 2.45) is 0 Å². The second kappa shape index (κ2) is 5.77. The van der Waals surface area contributed by atoms with Crippen molar-refractivity contribution in [1.29, 1.82) is 0 Å². The number of methoxy groups -OCH3 is 1. The molecule has 1 aromatic rings. The van der Waals surface area contributed by atoms with E-state index < -0.39 is 11.9 Å². The van der Waals surface area contributed by atoms with Gasteiger partial charge in [0.25, 0.3) is 0 Å². The number of esters is 1. The van der Waals surface area contributed by atoms with Crippen LogP contribution in [0.3, 0.4) is 0 Å². The number of ether oxygens (including phenoxy) is 1. The van der Waals surface area contributed by atoms with Crippen molar-refractivity contribution in [1.82, 2.24) is 0 Å². The van der Waals surface area contributed by atoms with Crippen molar-refractivity contribution < 1.29 is 14.6 Å².